The van der Waals surface area contributed by atoms with Gasteiger partial charge in [-0.1, -0.05) is 13.8 Å². The Bertz CT molecular complexity index is 215. The lowest BCUT2D eigenvalue weighted by Gasteiger charge is -2.40. The van der Waals surface area contributed by atoms with Crippen LogP contribution in [0.15, 0.2) is 0 Å². The highest BCUT2D eigenvalue weighted by molar-refractivity contribution is 4.84. The van der Waals surface area contributed by atoms with E-state index in [1.165, 1.54) is 45.3 Å². The Kier molecular flexibility index (Phi) is 7.20. The third-order valence-electron chi connectivity index (χ3n) is 4.62. The fourth-order valence-corrected chi connectivity index (χ4v) is 3.30. The minimum absolute atomic E-state index is 0.448. The minimum atomic E-state index is 0.448. The number of nitrogens with one attached hydrogen (secondary N) is 1. The molecule has 1 aliphatic rings. The van der Waals surface area contributed by atoms with E-state index in [4.69, 9.17) is 4.74 Å². The SMILES string of the molecule is CCC(CC)(CNC)CN1CCCC(COC)C1. The van der Waals surface area contributed by atoms with Crippen LogP contribution in [0.5, 0.6) is 0 Å². The molecule has 0 spiro atoms. The average Bonchev–Trinajstić information content (AvgIpc) is 2.39. The van der Waals surface area contributed by atoms with Crippen LogP contribution in [0.25, 0.3) is 0 Å². The maximum Gasteiger partial charge on any atom is 0.0502 e. The molecule has 0 aliphatic carbocycles. The van der Waals surface area contributed by atoms with Crippen LogP contribution in [-0.2, 0) is 4.74 Å². The van der Waals surface area contributed by atoms with Gasteiger partial charge in [-0.05, 0) is 50.6 Å². The summed E-state index contributed by atoms with van der Waals surface area (Å²) in [6, 6.07) is 0. The Morgan fingerprint density at radius 2 is 2.06 bits per heavy atom. The Morgan fingerprint density at radius 3 is 2.61 bits per heavy atom. The highest BCUT2D eigenvalue weighted by Gasteiger charge is 2.30. The summed E-state index contributed by atoms with van der Waals surface area (Å²) in [5.74, 6) is 0.741. The summed E-state index contributed by atoms with van der Waals surface area (Å²) in [5, 5.41) is 3.39. The van der Waals surface area contributed by atoms with Crippen molar-refractivity contribution in [3.63, 3.8) is 0 Å². The number of hydrogen-bond acceptors (Lipinski definition) is 3. The van der Waals surface area contributed by atoms with Gasteiger partial charge in [-0.25, -0.2) is 0 Å². The van der Waals surface area contributed by atoms with E-state index in [1.807, 2.05) is 7.11 Å². The Balaban J connectivity index is 2.52. The first-order valence-corrected chi connectivity index (χ1v) is 7.55. The van der Waals surface area contributed by atoms with Gasteiger partial charge in [0.05, 0.1) is 6.61 Å². The molecule has 1 atom stereocenters. The van der Waals surface area contributed by atoms with Gasteiger partial charge in [-0.2, -0.15) is 0 Å². The summed E-state index contributed by atoms with van der Waals surface area (Å²) in [7, 11) is 3.90. The largest absolute Gasteiger partial charge is 0.384 e. The molecule has 0 aromatic heterocycles. The third kappa shape index (κ3) is 4.52. The lowest BCUT2D eigenvalue weighted by molar-refractivity contribution is 0.0594. The maximum atomic E-state index is 5.32. The number of hydrogen-bond donors (Lipinski definition) is 1. The standard InChI is InChI=1S/C15H32N2O/c1-5-15(6-2,12-16-3)13-17-9-7-8-14(10-17)11-18-4/h14,16H,5-13H2,1-4H3. The van der Waals surface area contributed by atoms with E-state index >= 15 is 0 Å². The zero-order valence-corrected chi connectivity index (χ0v) is 12.8. The fraction of sp³-hybridized carbons (Fsp3) is 1.00. The first-order valence-electron chi connectivity index (χ1n) is 7.55. The van der Waals surface area contributed by atoms with E-state index in [0.29, 0.717) is 5.41 Å². The highest BCUT2D eigenvalue weighted by Crippen LogP contribution is 2.29. The highest BCUT2D eigenvalue weighted by atomic mass is 16.5. The van der Waals surface area contributed by atoms with Gasteiger partial charge in [-0.3, -0.25) is 0 Å². The molecule has 0 amide bonds. The third-order valence-corrected chi connectivity index (χ3v) is 4.62. The predicted octanol–water partition coefficient (Wildman–Crippen LogP) is 2.37. The van der Waals surface area contributed by atoms with Crippen molar-refractivity contribution < 1.29 is 4.74 Å². The van der Waals surface area contributed by atoms with Gasteiger partial charge in [0.25, 0.3) is 0 Å². The first-order chi connectivity index (χ1) is 8.69. The molecule has 1 fully saturated rings. The van der Waals surface area contributed by atoms with Crippen molar-refractivity contribution in [3.05, 3.63) is 0 Å². The smallest absolute Gasteiger partial charge is 0.0502 e. The van der Waals surface area contributed by atoms with Gasteiger partial charge in [0.1, 0.15) is 0 Å². The molecular weight excluding hydrogens is 224 g/mol. The lowest BCUT2D eigenvalue weighted by atomic mass is 9.81. The van der Waals surface area contributed by atoms with Crippen molar-refractivity contribution in [3.8, 4) is 0 Å². The van der Waals surface area contributed by atoms with Crippen LogP contribution in [0.2, 0.25) is 0 Å². The van der Waals surface area contributed by atoms with E-state index in [-0.39, 0.29) is 0 Å². The number of rotatable bonds is 8. The summed E-state index contributed by atoms with van der Waals surface area (Å²) in [6.45, 7) is 10.4. The fourth-order valence-electron chi connectivity index (χ4n) is 3.30. The minimum Gasteiger partial charge on any atom is -0.384 e. The first kappa shape index (κ1) is 15.9. The van der Waals surface area contributed by atoms with Crippen LogP contribution in [0.3, 0.4) is 0 Å². The zero-order valence-electron chi connectivity index (χ0n) is 12.8. The normalized spacial score (nSPS) is 22.3. The molecule has 0 aromatic rings. The van der Waals surface area contributed by atoms with Crippen molar-refractivity contribution in [2.75, 3.05) is 46.9 Å². The second-order valence-corrected chi connectivity index (χ2v) is 5.94. The van der Waals surface area contributed by atoms with E-state index in [0.717, 1.165) is 19.1 Å². The summed E-state index contributed by atoms with van der Waals surface area (Å²) in [5.41, 5.74) is 0.448. The second kappa shape index (κ2) is 8.13. The lowest BCUT2D eigenvalue weighted by Crippen LogP contribution is -2.47. The molecule has 1 rings (SSSR count). The van der Waals surface area contributed by atoms with E-state index in [9.17, 15) is 0 Å². The molecule has 18 heavy (non-hydrogen) atoms. The quantitative estimate of drug-likeness (QED) is 0.721. The van der Waals surface area contributed by atoms with Crippen LogP contribution in [-0.4, -0.2) is 51.8 Å². The van der Waals surface area contributed by atoms with Crippen LogP contribution in [0.1, 0.15) is 39.5 Å². The predicted molar refractivity (Wildman–Crippen MR) is 78.0 cm³/mol. The summed E-state index contributed by atoms with van der Waals surface area (Å²) < 4.78 is 5.32. The second-order valence-electron chi connectivity index (χ2n) is 5.94. The molecule has 3 heteroatoms. The number of piperidine rings is 1. The Morgan fingerprint density at radius 1 is 1.33 bits per heavy atom. The molecule has 3 nitrogen and oxygen atoms in total. The average molecular weight is 256 g/mol. The van der Waals surface area contributed by atoms with Crippen molar-refractivity contribution in [2.24, 2.45) is 11.3 Å². The summed E-state index contributed by atoms with van der Waals surface area (Å²) >= 11 is 0. The Hall–Kier alpha value is -0.120. The molecule has 0 radical (unpaired) electrons. The maximum absolute atomic E-state index is 5.32. The van der Waals surface area contributed by atoms with Crippen molar-refractivity contribution in [1.82, 2.24) is 10.2 Å². The van der Waals surface area contributed by atoms with Gasteiger partial charge >= 0.3 is 0 Å². The topological polar surface area (TPSA) is 24.5 Å². The Labute approximate surface area is 113 Å². The molecule has 1 saturated heterocycles. The number of ether oxygens (including phenoxy) is 1. The molecule has 0 aromatic carbocycles. The zero-order chi connectivity index (χ0) is 13.4. The number of nitrogens with zero attached hydrogens (tertiary/aromatic N) is 1. The van der Waals surface area contributed by atoms with Gasteiger partial charge in [0.2, 0.25) is 0 Å². The molecule has 1 unspecified atom stereocenters. The van der Waals surface area contributed by atoms with E-state index < -0.39 is 0 Å². The van der Waals surface area contributed by atoms with E-state index in [2.05, 4.69) is 31.1 Å². The summed E-state index contributed by atoms with van der Waals surface area (Å²) in [4.78, 5) is 2.66. The van der Waals surface area contributed by atoms with Gasteiger partial charge in [-0.15, -0.1) is 0 Å². The monoisotopic (exact) mass is 256 g/mol. The molecule has 1 heterocycles. The van der Waals surface area contributed by atoms with Gasteiger partial charge in [0.15, 0.2) is 0 Å². The van der Waals surface area contributed by atoms with Crippen LogP contribution < -0.4 is 5.32 Å². The van der Waals surface area contributed by atoms with Gasteiger partial charge < -0.3 is 15.0 Å². The van der Waals surface area contributed by atoms with Crippen LogP contribution in [0, 0.1) is 11.3 Å². The van der Waals surface area contributed by atoms with Crippen molar-refractivity contribution in [1.29, 1.82) is 0 Å². The van der Waals surface area contributed by atoms with Crippen LogP contribution in [0.4, 0.5) is 0 Å². The van der Waals surface area contributed by atoms with Crippen molar-refractivity contribution in [2.45, 2.75) is 39.5 Å². The van der Waals surface area contributed by atoms with Crippen molar-refractivity contribution >= 4 is 0 Å². The van der Waals surface area contributed by atoms with E-state index in [1.54, 1.807) is 0 Å². The summed E-state index contributed by atoms with van der Waals surface area (Å²) in [6.07, 6.45) is 5.18. The molecule has 1 aliphatic heterocycles. The molecular formula is C15H32N2O. The number of likely N-dealkylation sites (tertiary alicyclic amines) is 1. The van der Waals surface area contributed by atoms with Crippen LogP contribution >= 0.6 is 0 Å². The van der Waals surface area contributed by atoms with Gasteiger partial charge in [0, 0.05) is 26.7 Å². The molecule has 108 valence electrons. The number of methoxy groups -OCH3 is 1. The molecule has 0 bridgehead atoms. The molecule has 1 N–H and O–H groups in total. The molecule has 0 saturated carbocycles.